The van der Waals surface area contributed by atoms with Crippen molar-refractivity contribution in [3.8, 4) is 0 Å². The Morgan fingerprint density at radius 3 is 1.36 bits per heavy atom. The molecule has 0 atom stereocenters. The van der Waals surface area contributed by atoms with E-state index < -0.39 is 9.21 Å². The highest BCUT2D eigenvalue weighted by Gasteiger charge is 2.02. The maximum absolute atomic E-state index is 3.99. The Hall–Kier alpha value is -0.430. The minimum atomic E-state index is -0.969. The summed E-state index contributed by atoms with van der Waals surface area (Å²) in [5, 5.41) is 4.34. The van der Waals surface area contributed by atoms with E-state index in [-0.39, 0.29) is 0 Å². The molecule has 64 valence electrons. The van der Waals surface area contributed by atoms with Crippen molar-refractivity contribution in [2.75, 3.05) is 0 Å². The summed E-state index contributed by atoms with van der Waals surface area (Å²) in [5.74, 6) is 7.98. The lowest BCUT2D eigenvalue weighted by molar-refractivity contribution is 1.39. The Bertz CT molecular complexity index is 250. The molecule has 0 fully saturated rings. The Morgan fingerprint density at radius 1 is 1.00 bits per heavy atom. The van der Waals surface area contributed by atoms with E-state index in [9.17, 15) is 0 Å². The van der Waals surface area contributed by atoms with Gasteiger partial charge in [0.25, 0.3) is 0 Å². The SMILES string of the molecule is C=S1(=C)C=C(C)C(C)=C1.CC. The van der Waals surface area contributed by atoms with Crippen LogP contribution in [0.3, 0.4) is 0 Å². The molecule has 1 aliphatic heterocycles. The smallest absolute Gasteiger partial charge is 0.0337 e. The van der Waals surface area contributed by atoms with Crippen LogP contribution in [0.15, 0.2) is 22.0 Å². The summed E-state index contributed by atoms with van der Waals surface area (Å²) in [6.45, 7) is 8.22. The van der Waals surface area contributed by atoms with Gasteiger partial charge in [-0.2, -0.15) is 9.21 Å². The van der Waals surface area contributed by atoms with Crippen molar-refractivity contribution in [3.63, 3.8) is 0 Å². The molecule has 0 N–H and O–H groups in total. The molecule has 0 nitrogen and oxygen atoms in total. The molecule has 1 heteroatoms. The fourth-order valence-corrected chi connectivity index (χ4v) is 2.77. The second-order valence-electron chi connectivity index (χ2n) is 2.61. The average Bonchev–Trinajstić information content (AvgIpc) is 2.10. The summed E-state index contributed by atoms with van der Waals surface area (Å²) in [5.41, 5.74) is 2.69. The molecule has 0 spiro atoms. The van der Waals surface area contributed by atoms with Crippen molar-refractivity contribution in [2.24, 2.45) is 0 Å². The van der Waals surface area contributed by atoms with Gasteiger partial charge in [0.1, 0.15) is 0 Å². The van der Waals surface area contributed by atoms with E-state index in [1.807, 2.05) is 13.8 Å². The zero-order valence-electron chi connectivity index (χ0n) is 7.98. The zero-order chi connectivity index (χ0) is 9.07. The summed E-state index contributed by atoms with van der Waals surface area (Å²) in [6.07, 6.45) is 0. The normalized spacial score (nSPS) is 19.6. The van der Waals surface area contributed by atoms with Crippen molar-refractivity contribution < 1.29 is 0 Å². The van der Waals surface area contributed by atoms with Gasteiger partial charge in [-0.3, -0.25) is 0 Å². The van der Waals surface area contributed by atoms with Crippen LogP contribution in [0.4, 0.5) is 0 Å². The van der Waals surface area contributed by atoms with Gasteiger partial charge in [-0.1, -0.05) is 25.6 Å². The fraction of sp³-hybridized carbons (Fsp3) is 0.400. The van der Waals surface area contributed by atoms with Gasteiger partial charge < -0.3 is 0 Å². The third kappa shape index (κ3) is 2.98. The molecule has 0 saturated carbocycles. The molecule has 0 saturated heterocycles. The second kappa shape index (κ2) is 3.82. The summed E-state index contributed by atoms with van der Waals surface area (Å²) in [4.78, 5) is 0. The second-order valence-corrected chi connectivity index (χ2v) is 5.09. The van der Waals surface area contributed by atoms with Gasteiger partial charge in [0.05, 0.1) is 0 Å². The van der Waals surface area contributed by atoms with Gasteiger partial charge in [-0.05, 0) is 35.8 Å². The van der Waals surface area contributed by atoms with Crippen LogP contribution in [-0.4, -0.2) is 11.7 Å². The molecule has 0 amide bonds. The molecule has 0 bridgehead atoms. The maximum atomic E-state index is 3.99. The third-order valence-electron chi connectivity index (χ3n) is 1.44. The van der Waals surface area contributed by atoms with E-state index in [2.05, 4.69) is 36.4 Å². The lowest BCUT2D eigenvalue weighted by Crippen LogP contribution is -1.67. The van der Waals surface area contributed by atoms with Crippen LogP contribution in [0, 0.1) is 0 Å². The van der Waals surface area contributed by atoms with Crippen molar-refractivity contribution in [3.05, 3.63) is 22.0 Å². The predicted molar refractivity (Wildman–Crippen MR) is 60.7 cm³/mol. The maximum Gasteiger partial charge on any atom is -0.0337 e. The van der Waals surface area contributed by atoms with Crippen molar-refractivity contribution in [1.82, 2.24) is 0 Å². The van der Waals surface area contributed by atoms with E-state index in [0.717, 1.165) is 0 Å². The summed E-state index contributed by atoms with van der Waals surface area (Å²) in [6, 6.07) is 0. The monoisotopic (exact) mass is 170 g/mol. The van der Waals surface area contributed by atoms with Gasteiger partial charge in [-0.15, -0.1) is 0 Å². The molecule has 11 heavy (non-hydrogen) atoms. The van der Waals surface area contributed by atoms with Crippen LogP contribution in [-0.2, 0) is 0 Å². The summed E-state index contributed by atoms with van der Waals surface area (Å²) in [7, 11) is -0.969. The molecule has 1 rings (SSSR count). The Balaban J connectivity index is 0.000000461. The zero-order valence-corrected chi connectivity index (χ0v) is 8.79. The number of rotatable bonds is 0. The largest absolute Gasteiger partial charge is 0.173 e. The van der Waals surface area contributed by atoms with Gasteiger partial charge in [0.15, 0.2) is 0 Å². The van der Waals surface area contributed by atoms with Crippen molar-refractivity contribution >= 4 is 20.9 Å². The Kier molecular flexibility index (Phi) is 3.67. The van der Waals surface area contributed by atoms with Gasteiger partial charge in [-0.25, -0.2) is 0 Å². The van der Waals surface area contributed by atoms with Crippen LogP contribution in [0.2, 0.25) is 0 Å². The first-order valence-corrected chi connectivity index (χ1v) is 5.97. The highest BCUT2D eigenvalue weighted by atomic mass is 32.2. The van der Waals surface area contributed by atoms with Gasteiger partial charge in [0.2, 0.25) is 0 Å². The highest BCUT2D eigenvalue weighted by molar-refractivity contribution is 8.32. The van der Waals surface area contributed by atoms with Crippen LogP contribution in [0.5, 0.6) is 0 Å². The fourth-order valence-electron chi connectivity index (χ4n) is 0.924. The molecule has 1 heterocycles. The number of allylic oxidation sites excluding steroid dienone is 2. The summed E-state index contributed by atoms with van der Waals surface area (Å²) < 4.78 is 0. The average molecular weight is 170 g/mol. The lowest BCUT2D eigenvalue weighted by Gasteiger charge is -1.91. The minimum absolute atomic E-state index is 0.969. The molecule has 0 radical (unpaired) electrons. The molecule has 1 aliphatic rings. The van der Waals surface area contributed by atoms with E-state index in [1.54, 1.807) is 0 Å². The first kappa shape index (κ1) is 10.6. The highest BCUT2D eigenvalue weighted by Crippen LogP contribution is 2.35. The Morgan fingerprint density at radius 2 is 1.27 bits per heavy atom. The first-order chi connectivity index (χ1) is 5.01. The van der Waals surface area contributed by atoms with E-state index in [4.69, 9.17) is 0 Å². The van der Waals surface area contributed by atoms with Crippen LogP contribution in [0.1, 0.15) is 27.7 Å². The minimum Gasteiger partial charge on any atom is -0.173 e. The molecule has 0 aromatic carbocycles. The molecule has 0 aromatic rings. The van der Waals surface area contributed by atoms with E-state index in [1.165, 1.54) is 11.1 Å². The quantitative estimate of drug-likeness (QED) is 0.488. The third-order valence-corrected chi connectivity index (χ3v) is 3.09. The Labute approximate surface area is 71.1 Å². The van der Waals surface area contributed by atoms with Crippen LogP contribution >= 0.6 is 9.21 Å². The van der Waals surface area contributed by atoms with Crippen LogP contribution < -0.4 is 0 Å². The lowest BCUT2D eigenvalue weighted by atomic mass is 10.2. The number of hydrogen-bond acceptors (Lipinski definition) is 0. The van der Waals surface area contributed by atoms with Gasteiger partial charge >= 0.3 is 0 Å². The van der Waals surface area contributed by atoms with Crippen molar-refractivity contribution in [1.29, 1.82) is 0 Å². The standard InChI is InChI=1S/C8H12S.C2H6/c1-7-5-9(3,4)6-8(7)2;1-2/h5-6H,3-4H2,1-2H3;1-2H3. The summed E-state index contributed by atoms with van der Waals surface area (Å²) >= 11 is 0. The van der Waals surface area contributed by atoms with Crippen molar-refractivity contribution in [2.45, 2.75) is 27.7 Å². The van der Waals surface area contributed by atoms with E-state index in [0.29, 0.717) is 0 Å². The topological polar surface area (TPSA) is 0 Å². The molecule has 0 aromatic heterocycles. The molecule has 0 unspecified atom stereocenters. The number of hydrogen-bond donors (Lipinski definition) is 0. The molecule has 0 aliphatic carbocycles. The van der Waals surface area contributed by atoms with Crippen LogP contribution in [0.25, 0.3) is 0 Å². The molecular formula is C10H18S. The van der Waals surface area contributed by atoms with E-state index >= 15 is 0 Å². The predicted octanol–water partition coefficient (Wildman–Crippen LogP) is 3.50. The first-order valence-electron chi connectivity index (χ1n) is 3.88. The van der Waals surface area contributed by atoms with Gasteiger partial charge in [0, 0.05) is 0 Å². The molecular weight excluding hydrogens is 152 g/mol.